The van der Waals surface area contributed by atoms with Gasteiger partial charge in [-0.15, -0.1) is 0 Å². The number of fused-ring (bicyclic) bond motifs is 1. The lowest BCUT2D eigenvalue weighted by atomic mass is 9.97. The molecular weight excluding hydrogens is 234 g/mol. The lowest BCUT2D eigenvalue weighted by Gasteiger charge is -2.18. The summed E-state index contributed by atoms with van der Waals surface area (Å²) in [6, 6.07) is 8.90. The number of para-hydroxylation sites is 1. The zero-order chi connectivity index (χ0) is 13.4. The van der Waals surface area contributed by atoms with E-state index in [0.717, 1.165) is 36.1 Å². The van der Waals surface area contributed by atoms with E-state index in [2.05, 4.69) is 50.4 Å². The second-order valence-electron chi connectivity index (χ2n) is 5.70. The Balaban J connectivity index is 2.10. The Kier molecular flexibility index (Phi) is 3.36. The predicted octanol–water partition coefficient (Wildman–Crippen LogP) is 4.30. The van der Waals surface area contributed by atoms with Crippen molar-refractivity contribution < 1.29 is 4.42 Å². The van der Waals surface area contributed by atoms with Crippen LogP contribution in [0.2, 0.25) is 0 Å². The minimum atomic E-state index is 0.457. The van der Waals surface area contributed by atoms with Gasteiger partial charge in [0.25, 0.3) is 0 Å². The molecule has 2 nitrogen and oxygen atoms in total. The minimum absolute atomic E-state index is 0.457. The fourth-order valence-corrected chi connectivity index (χ4v) is 3.22. The molecule has 3 unspecified atom stereocenters. The van der Waals surface area contributed by atoms with E-state index in [-0.39, 0.29) is 0 Å². The van der Waals surface area contributed by atoms with E-state index in [4.69, 9.17) is 4.42 Å². The topological polar surface area (TPSA) is 25.2 Å². The van der Waals surface area contributed by atoms with E-state index in [9.17, 15) is 0 Å². The van der Waals surface area contributed by atoms with E-state index in [1.165, 1.54) is 17.4 Å². The summed E-state index contributed by atoms with van der Waals surface area (Å²) in [5.41, 5.74) is 2.44. The van der Waals surface area contributed by atoms with Crippen molar-refractivity contribution in [2.45, 2.75) is 39.7 Å². The highest BCUT2D eigenvalue weighted by molar-refractivity contribution is 5.83. The van der Waals surface area contributed by atoms with Crippen LogP contribution in [0.15, 0.2) is 28.7 Å². The van der Waals surface area contributed by atoms with Gasteiger partial charge in [-0.2, -0.15) is 0 Å². The molecule has 0 radical (unpaired) electrons. The Hall–Kier alpha value is -1.28. The highest BCUT2D eigenvalue weighted by atomic mass is 16.3. The number of nitrogens with one attached hydrogen (secondary N) is 1. The van der Waals surface area contributed by atoms with Gasteiger partial charge in [-0.25, -0.2) is 0 Å². The Morgan fingerprint density at radius 1 is 1.32 bits per heavy atom. The van der Waals surface area contributed by atoms with E-state index < -0.39 is 0 Å². The fraction of sp³-hybridized carbons (Fsp3) is 0.529. The summed E-state index contributed by atoms with van der Waals surface area (Å²) >= 11 is 0. The van der Waals surface area contributed by atoms with Crippen LogP contribution < -0.4 is 5.32 Å². The second kappa shape index (κ2) is 5.01. The van der Waals surface area contributed by atoms with E-state index in [1.807, 2.05) is 0 Å². The molecule has 19 heavy (non-hydrogen) atoms. The van der Waals surface area contributed by atoms with Crippen LogP contribution in [0.4, 0.5) is 0 Å². The van der Waals surface area contributed by atoms with E-state index in [1.54, 1.807) is 0 Å². The average Bonchev–Trinajstić information content (AvgIpc) is 3.03. The number of hydrogen-bond donors (Lipinski definition) is 1. The Morgan fingerprint density at radius 2 is 2.05 bits per heavy atom. The number of furan rings is 1. The summed E-state index contributed by atoms with van der Waals surface area (Å²) in [5, 5.41) is 4.98. The van der Waals surface area contributed by atoms with Gasteiger partial charge in [0.1, 0.15) is 11.3 Å². The van der Waals surface area contributed by atoms with Gasteiger partial charge < -0.3 is 9.73 Å². The van der Waals surface area contributed by atoms with Gasteiger partial charge in [0.2, 0.25) is 0 Å². The molecule has 2 aromatic rings. The number of benzene rings is 1. The van der Waals surface area contributed by atoms with Gasteiger partial charge >= 0.3 is 0 Å². The zero-order valence-electron chi connectivity index (χ0n) is 12.1. The standard InChI is InChI=1S/C17H23NO/c1-4-14-16(12-8-6-7-9-15(12)19-14)17(18-5-2)13-10-11(13)3/h6-9,11,13,17-18H,4-5,10H2,1-3H3. The van der Waals surface area contributed by atoms with Gasteiger partial charge in [0, 0.05) is 23.4 Å². The molecule has 3 rings (SSSR count). The maximum absolute atomic E-state index is 6.05. The van der Waals surface area contributed by atoms with E-state index in [0.29, 0.717) is 6.04 Å². The van der Waals surface area contributed by atoms with Crippen molar-refractivity contribution >= 4 is 11.0 Å². The summed E-state index contributed by atoms with van der Waals surface area (Å²) in [4.78, 5) is 0. The molecule has 1 aliphatic carbocycles. The first-order valence-electron chi connectivity index (χ1n) is 7.49. The Morgan fingerprint density at radius 3 is 2.68 bits per heavy atom. The SMILES string of the molecule is CCNC(c1c(CC)oc2ccccc12)C1CC1C. The molecule has 1 aromatic heterocycles. The third kappa shape index (κ3) is 2.18. The second-order valence-corrected chi connectivity index (χ2v) is 5.70. The predicted molar refractivity (Wildman–Crippen MR) is 79.3 cm³/mol. The van der Waals surface area contributed by atoms with Gasteiger partial charge in [0.15, 0.2) is 0 Å². The van der Waals surface area contributed by atoms with Gasteiger partial charge in [-0.05, 0) is 30.9 Å². The van der Waals surface area contributed by atoms with Crippen molar-refractivity contribution in [1.82, 2.24) is 5.32 Å². The maximum Gasteiger partial charge on any atom is 0.134 e. The van der Waals surface area contributed by atoms with Crippen LogP contribution in [-0.4, -0.2) is 6.54 Å². The molecule has 0 saturated heterocycles. The molecule has 0 spiro atoms. The molecule has 1 fully saturated rings. The largest absolute Gasteiger partial charge is 0.461 e. The molecule has 0 bridgehead atoms. The maximum atomic E-state index is 6.05. The molecule has 1 heterocycles. The van der Waals surface area contributed by atoms with Crippen LogP contribution in [0.3, 0.4) is 0 Å². The molecule has 1 saturated carbocycles. The van der Waals surface area contributed by atoms with Crippen LogP contribution >= 0.6 is 0 Å². The van der Waals surface area contributed by atoms with Crippen molar-refractivity contribution in [3.63, 3.8) is 0 Å². The lowest BCUT2D eigenvalue weighted by molar-refractivity contribution is 0.458. The van der Waals surface area contributed by atoms with E-state index >= 15 is 0 Å². The van der Waals surface area contributed by atoms with Gasteiger partial charge in [-0.1, -0.05) is 39.0 Å². The molecule has 1 aromatic carbocycles. The minimum Gasteiger partial charge on any atom is -0.461 e. The number of aryl methyl sites for hydroxylation is 1. The summed E-state index contributed by atoms with van der Waals surface area (Å²) in [5.74, 6) is 2.76. The quantitative estimate of drug-likeness (QED) is 0.863. The monoisotopic (exact) mass is 257 g/mol. The van der Waals surface area contributed by atoms with Crippen molar-refractivity contribution in [3.05, 3.63) is 35.6 Å². The highest BCUT2D eigenvalue weighted by Crippen LogP contribution is 2.49. The summed E-state index contributed by atoms with van der Waals surface area (Å²) < 4.78 is 6.05. The first-order valence-corrected chi connectivity index (χ1v) is 7.49. The van der Waals surface area contributed by atoms with Crippen LogP contribution in [0.1, 0.15) is 44.6 Å². The number of rotatable bonds is 5. The fourth-order valence-electron chi connectivity index (χ4n) is 3.22. The highest BCUT2D eigenvalue weighted by Gasteiger charge is 2.41. The van der Waals surface area contributed by atoms with Crippen LogP contribution in [0, 0.1) is 11.8 Å². The van der Waals surface area contributed by atoms with Crippen molar-refractivity contribution in [1.29, 1.82) is 0 Å². The third-order valence-corrected chi connectivity index (χ3v) is 4.37. The normalized spacial score (nSPS) is 23.7. The van der Waals surface area contributed by atoms with Crippen molar-refractivity contribution in [3.8, 4) is 0 Å². The third-order valence-electron chi connectivity index (χ3n) is 4.37. The molecule has 102 valence electrons. The molecule has 0 aliphatic heterocycles. The molecule has 1 N–H and O–H groups in total. The van der Waals surface area contributed by atoms with Crippen molar-refractivity contribution in [2.24, 2.45) is 11.8 Å². The molecule has 0 amide bonds. The van der Waals surface area contributed by atoms with Crippen LogP contribution in [-0.2, 0) is 6.42 Å². The van der Waals surface area contributed by atoms with Gasteiger partial charge in [-0.3, -0.25) is 0 Å². The van der Waals surface area contributed by atoms with Gasteiger partial charge in [0.05, 0.1) is 0 Å². The summed E-state index contributed by atoms with van der Waals surface area (Å²) in [7, 11) is 0. The zero-order valence-corrected chi connectivity index (χ0v) is 12.1. The van der Waals surface area contributed by atoms with Crippen LogP contribution in [0.25, 0.3) is 11.0 Å². The first kappa shape index (κ1) is 12.7. The Bertz CT molecular complexity index is 572. The first-order chi connectivity index (χ1) is 9.26. The summed E-state index contributed by atoms with van der Waals surface area (Å²) in [6.07, 6.45) is 2.30. The molecule has 2 heteroatoms. The summed E-state index contributed by atoms with van der Waals surface area (Å²) in [6.45, 7) is 7.73. The Labute approximate surface area is 115 Å². The smallest absolute Gasteiger partial charge is 0.134 e. The number of hydrogen-bond acceptors (Lipinski definition) is 2. The molecular formula is C17H23NO. The molecule has 3 atom stereocenters. The van der Waals surface area contributed by atoms with Crippen LogP contribution in [0.5, 0.6) is 0 Å². The van der Waals surface area contributed by atoms with Crippen molar-refractivity contribution in [2.75, 3.05) is 6.54 Å². The average molecular weight is 257 g/mol. The lowest BCUT2D eigenvalue weighted by Crippen LogP contribution is -2.24. The molecule has 1 aliphatic rings.